The topological polar surface area (TPSA) is 84.7 Å². The molecule has 42 heavy (non-hydrogen) atoms. The van der Waals surface area contributed by atoms with Gasteiger partial charge in [-0.2, -0.15) is 0 Å². The van der Waals surface area contributed by atoms with E-state index in [0.29, 0.717) is 36.4 Å². The van der Waals surface area contributed by atoms with Crippen LogP contribution in [0.15, 0.2) is 60.7 Å². The Balaban J connectivity index is 1.80. The molecular weight excluding hydrogens is 536 g/mol. The zero-order valence-electron chi connectivity index (χ0n) is 25.1. The van der Waals surface area contributed by atoms with E-state index in [9.17, 15) is 18.4 Å². The predicted molar refractivity (Wildman–Crippen MR) is 162 cm³/mol. The summed E-state index contributed by atoms with van der Waals surface area (Å²) in [7, 11) is 0. The van der Waals surface area contributed by atoms with Crippen LogP contribution < -0.4 is 11.1 Å². The molecule has 0 heterocycles. The molecule has 2 atom stereocenters. The molecule has 3 aromatic carbocycles. The molecule has 8 heteroatoms. The first-order valence-corrected chi connectivity index (χ1v) is 14.7. The number of nitrogens with zero attached hydrogens (tertiary/aromatic N) is 1. The van der Waals surface area contributed by atoms with Crippen LogP contribution in [-0.4, -0.2) is 48.5 Å². The van der Waals surface area contributed by atoms with E-state index in [-0.39, 0.29) is 18.9 Å². The zero-order chi connectivity index (χ0) is 30.6. The standard InChI is InChI=1S/C34H43F2N3O3/c1-5-11-39(12-6-2)34(41)28-14-23(4)13-27(19-28)33(40)38-32(18-26-16-29(35)20-30(36)17-26)31(37)22-42-21-25-10-8-9-24(7-3)15-25/h8-10,13-17,19-20,31-32H,5-7,11-12,18,21-22,37H2,1-4H3,(H,38,40)/t31?,32-/m0/s1. The maximum absolute atomic E-state index is 14.0. The number of nitrogens with one attached hydrogen (secondary N) is 1. The van der Waals surface area contributed by atoms with Gasteiger partial charge in [0.1, 0.15) is 11.6 Å². The molecule has 1 unspecified atom stereocenters. The Morgan fingerprint density at radius 3 is 2.17 bits per heavy atom. The van der Waals surface area contributed by atoms with Crippen molar-refractivity contribution in [2.75, 3.05) is 19.7 Å². The van der Waals surface area contributed by atoms with Gasteiger partial charge < -0.3 is 20.7 Å². The molecule has 0 aliphatic rings. The van der Waals surface area contributed by atoms with Crippen LogP contribution in [0.1, 0.15) is 76.6 Å². The Hall–Kier alpha value is -3.62. The van der Waals surface area contributed by atoms with Crippen LogP contribution in [0.2, 0.25) is 0 Å². The third-order valence-corrected chi connectivity index (χ3v) is 7.05. The van der Waals surface area contributed by atoms with Gasteiger partial charge in [-0.15, -0.1) is 0 Å². The number of ether oxygens (including phenoxy) is 1. The minimum Gasteiger partial charge on any atom is -0.375 e. The minimum atomic E-state index is -0.707. The van der Waals surface area contributed by atoms with Gasteiger partial charge in [-0.3, -0.25) is 9.59 Å². The lowest BCUT2D eigenvalue weighted by atomic mass is 9.98. The Bertz CT molecular complexity index is 1320. The molecule has 3 rings (SSSR count). The molecule has 2 amide bonds. The first-order valence-electron chi connectivity index (χ1n) is 14.7. The highest BCUT2D eigenvalue weighted by Crippen LogP contribution is 2.16. The number of benzene rings is 3. The van der Waals surface area contributed by atoms with Crippen molar-refractivity contribution < 1.29 is 23.1 Å². The molecular formula is C34H43F2N3O3. The lowest BCUT2D eigenvalue weighted by Crippen LogP contribution is -2.51. The van der Waals surface area contributed by atoms with E-state index in [1.807, 2.05) is 39.0 Å². The molecule has 0 saturated heterocycles. The Labute approximate surface area is 248 Å². The van der Waals surface area contributed by atoms with E-state index in [4.69, 9.17) is 10.5 Å². The molecule has 0 spiro atoms. The normalized spacial score (nSPS) is 12.5. The summed E-state index contributed by atoms with van der Waals surface area (Å²) in [5.41, 5.74) is 10.6. The summed E-state index contributed by atoms with van der Waals surface area (Å²) in [5, 5.41) is 2.95. The number of amides is 2. The largest absolute Gasteiger partial charge is 0.375 e. The molecule has 0 radical (unpaired) electrons. The van der Waals surface area contributed by atoms with Crippen molar-refractivity contribution >= 4 is 11.8 Å². The fraction of sp³-hybridized carbons (Fsp3) is 0.412. The molecule has 0 fully saturated rings. The summed E-state index contributed by atoms with van der Waals surface area (Å²) in [5.74, 6) is -1.97. The molecule has 3 N–H and O–H groups in total. The summed E-state index contributed by atoms with van der Waals surface area (Å²) in [6, 6.07) is 15.0. The molecule has 3 aromatic rings. The van der Waals surface area contributed by atoms with Crippen LogP contribution >= 0.6 is 0 Å². The second-order valence-corrected chi connectivity index (χ2v) is 10.8. The summed E-state index contributed by atoms with van der Waals surface area (Å²) < 4.78 is 33.9. The van der Waals surface area contributed by atoms with E-state index in [1.54, 1.807) is 23.1 Å². The Kier molecular flexibility index (Phi) is 12.6. The minimum absolute atomic E-state index is 0.0919. The van der Waals surface area contributed by atoms with Crippen molar-refractivity contribution in [1.82, 2.24) is 10.2 Å². The summed E-state index contributed by atoms with van der Waals surface area (Å²) >= 11 is 0. The maximum atomic E-state index is 14.0. The van der Waals surface area contributed by atoms with E-state index < -0.39 is 29.6 Å². The van der Waals surface area contributed by atoms with Gasteiger partial charge in [0.25, 0.3) is 11.8 Å². The van der Waals surface area contributed by atoms with Gasteiger partial charge in [-0.05, 0) is 85.2 Å². The number of carbonyl (C=O) groups is 2. The van der Waals surface area contributed by atoms with Gasteiger partial charge in [-0.1, -0.05) is 45.0 Å². The summed E-state index contributed by atoms with van der Waals surface area (Å²) in [6.07, 6.45) is 2.66. The van der Waals surface area contributed by atoms with E-state index in [1.165, 1.54) is 17.7 Å². The number of carbonyl (C=O) groups excluding carboxylic acids is 2. The smallest absolute Gasteiger partial charge is 0.253 e. The molecule has 0 aliphatic heterocycles. The van der Waals surface area contributed by atoms with Crippen molar-refractivity contribution in [2.45, 2.75) is 72.1 Å². The number of aryl methyl sites for hydroxylation is 2. The van der Waals surface area contributed by atoms with Crippen molar-refractivity contribution in [3.63, 3.8) is 0 Å². The number of rotatable bonds is 15. The van der Waals surface area contributed by atoms with Gasteiger partial charge in [0.15, 0.2) is 0 Å². The van der Waals surface area contributed by atoms with E-state index >= 15 is 0 Å². The van der Waals surface area contributed by atoms with Crippen molar-refractivity contribution in [3.8, 4) is 0 Å². The number of hydrogen-bond donors (Lipinski definition) is 2. The van der Waals surface area contributed by atoms with E-state index in [0.717, 1.165) is 36.5 Å². The Morgan fingerprint density at radius 1 is 0.881 bits per heavy atom. The first-order chi connectivity index (χ1) is 20.1. The van der Waals surface area contributed by atoms with Crippen LogP contribution in [0.25, 0.3) is 0 Å². The Morgan fingerprint density at radius 2 is 1.52 bits per heavy atom. The predicted octanol–water partition coefficient (Wildman–Crippen LogP) is 5.98. The van der Waals surface area contributed by atoms with Crippen molar-refractivity contribution in [3.05, 3.63) is 106 Å². The van der Waals surface area contributed by atoms with Crippen molar-refractivity contribution in [2.24, 2.45) is 5.73 Å². The molecule has 0 aliphatic carbocycles. The lowest BCUT2D eigenvalue weighted by molar-refractivity contribution is 0.0755. The highest BCUT2D eigenvalue weighted by molar-refractivity contribution is 6.00. The number of hydrogen-bond acceptors (Lipinski definition) is 4. The molecule has 0 aromatic heterocycles. The highest BCUT2D eigenvalue weighted by Gasteiger charge is 2.24. The van der Waals surface area contributed by atoms with Crippen LogP contribution in [0, 0.1) is 18.6 Å². The summed E-state index contributed by atoms with van der Waals surface area (Å²) in [4.78, 5) is 28.6. The summed E-state index contributed by atoms with van der Waals surface area (Å²) in [6.45, 7) is 9.66. The fourth-order valence-corrected chi connectivity index (χ4v) is 4.99. The highest BCUT2D eigenvalue weighted by atomic mass is 19.1. The monoisotopic (exact) mass is 579 g/mol. The lowest BCUT2D eigenvalue weighted by Gasteiger charge is -2.26. The van der Waals surface area contributed by atoms with Crippen LogP contribution in [0.5, 0.6) is 0 Å². The molecule has 226 valence electrons. The quantitative estimate of drug-likeness (QED) is 0.232. The SMILES string of the molecule is CCCN(CCC)C(=O)c1cc(C)cc(C(=O)N[C@@H](Cc2cc(F)cc(F)c2)C(N)COCc2cccc(CC)c2)c1. The third kappa shape index (κ3) is 9.74. The first kappa shape index (κ1) is 32.9. The number of nitrogens with two attached hydrogens (primary N) is 1. The molecule has 0 saturated carbocycles. The average Bonchev–Trinajstić information content (AvgIpc) is 2.95. The fourth-order valence-electron chi connectivity index (χ4n) is 4.99. The van der Waals surface area contributed by atoms with Gasteiger partial charge in [0.05, 0.1) is 19.3 Å². The molecule has 0 bridgehead atoms. The van der Waals surface area contributed by atoms with Gasteiger partial charge >= 0.3 is 0 Å². The van der Waals surface area contributed by atoms with Crippen LogP contribution in [-0.2, 0) is 24.2 Å². The maximum Gasteiger partial charge on any atom is 0.253 e. The second kappa shape index (κ2) is 16.1. The zero-order valence-corrected chi connectivity index (χ0v) is 25.1. The van der Waals surface area contributed by atoms with E-state index in [2.05, 4.69) is 18.3 Å². The van der Waals surface area contributed by atoms with Crippen molar-refractivity contribution in [1.29, 1.82) is 0 Å². The van der Waals surface area contributed by atoms with Gasteiger partial charge in [0.2, 0.25) is 0 Å². The average molecular weight is 580 g/mol. The number of halogens is 2. The second-order valence-electron chi connectivity index (χ2n) is 10.8. The van der Waals surface area contributed by atoms with Crippen LogP contribution in [0.4, 0.5) is 8.78 Å². The van der Waals surface area contributed by atoms with Crippen LogP contribution in [0.3, 0.4) is 0 Å². The molecule has 6 nitrogen and oxygen atoms in total. The third-order valence-electron chi connectivity index (χ3n) is 7.05. The van der Waals surface area contributed by atoms with Gasteiger partial charge in [-0.25, -0.2) is 8.78 Å². The van der Waals surface area contributed by atoms with Gasteiger partial charge in [0, 0.05) is 36.3 Å².